The van der Waals surface area contributed by atoms with Crippen molar-refractivity contribution in [3.8, 4) is 6.07 Å². The van der Waals surface area contributed by atoms with Gasteiger partial charge in [-0.25, -0.2) is 0 Å². The Morgan fingerprint density at radius 3 is 2.75 bits per heavy atom. The number of rotatable bonds is 6. The van der Waals surface area contributed by atoms with Crippen LogP contribution < -0.4 is 4.90 Å². The molecule has 0 bridgehead atoms. The van der Waals surface area contributed by atoms with E-state index in [1.165, 1.54) is 0 Å². The Labute approximate surface area is 144 Å². The first-order valence-corrected chi connectivity index (χ1v) is 8.70. The quantitative estimate of drug-likeness (QED) is 0.870. The maximum absolute atomic E-state index is 13.0. The molecule has 0 aliphatic carbocycles. The average molecular weight is 329 g/mol. The Kier molecular flexibility index (Phi) is 6.77. The van der Waals surface area contributed by atoms with Gasteiger partial charge in [-0.2, -0.15) is 5.26 Å². The van der Waals surface area contributed by atoms with Crippen molar-refractivity contribution in [2.45, 2.75) is 45.3 Å². The summed E-state index contributed by atoms with van der Waals surface area (Å²) in [5, 5.41) is 18.8. The molecule has 0 saturated carbocycles. The van der Waals surface area contributed by atoms with Gasteiger partial charge < -0.3 is 10.0 Å². The van der Waals surface area contributed by atoms with Crippen LogP contribution in [0.15, 0.2) is 30.3 Å². The number of aliphatic hydroxyl groups excluding tert-OH is 1. The van der Waals surface area contributed by atoms with Crippen molar-refractivity contribution in [2.24, 2.45) is 5.92 Å². The summed E-state index contributed by atoms with van der Waals surface area (Å²) >= 11 is 0. The normalized spacial score (nSPS) is 20.8. The molecular formula is C19H27N3O2. The molecule has 0 radical (unpaired) electrons. The van der Waals surface area contributed by atoms with Crippen molar-refractivity contribution in [3.63, 3.8) is 0 Å². The van der Waals surface area contributed by atoms with Crippen LogP contribution in [0, 0.1) is 17.2 Å². The van der Waals surface area contributed by atoms with Crippen molar-refractivity contribution in [1.82, 2.24) is 4.90 Å². The van der Waals surface area contributed by atoms with Gasteiger partial charge in [-0.1, -0.05) is 18.2 Å². The lowest BCUT2D eigenvalue weighted by Gasteiger charge is -2.38. The second-order valence-electron chi connectivity index (χ2n) is 6.55. The molecule has 1 aromatic rings. The van der Waals surface area contributed by atoms with Gasteiger partial charge in [0.15, 0.2) is 0 Å². The monoisotopic (exact) mass is 329 g/mol. The number of anilines is 1. The van der Waals surface area contributed by atoms with Crippen LogP contribution in [0.3, 0.4) is 0 Å². The summed E-state index contributed by atoms with van der Waals surface area (Å²) in [7, 11) is 0. The van der Waals surface area contributed by atoms with Gasteiger partial charge in [-0.3, -0.25) is 9.69 Å². The molecule has 5 heteroatoms. The van der Waals surface area contributed by atoms with E-state index in [1.54, 1.807) is 4.90 Å². The number of para-hydroxylation sites is 1. The molecule has 3 unspecified atom stereocenters. The highest BCUT2D eigenvalue weighted by atomic mass is 16.3. The second-order valence-corrected chi connectivity index (χ2v) is 6.55. The van der Waals surface area contributed by atoms with Gasteiger partial charge >= 0.3 is 0 Å². The molecule has 130 valence electrons. The third-order valence-corrected chi connectivity index (χ3v) is 4.86. The number of amides is 1. The molecule has 1 aromatic carbocycles. The van der Waals surface area contributed by atoms with Gasteiger partial charge in [0.1, 0.15) is 0 Å². The molecule has 1 aliphatic rings. The number of nitrogens with zero attached hydrogens (tertiary/aromatic N) is 3. The fourth-order valence-electron chi connectivity index (χ4n) is 3.30. The molecule has 2 rings (SSSR count). The summed E-state index contributed by atoms with van der Waals surface area (Å²) in [5.74, 6) is 0.237. The number of nitriles is 1. The number of hydrogen-bond donors (Lipinski definition) is 1. The van der Waals surface area contributed by atoms with Gasteiger partial charge in [-0.05, 0) is 51.3 Å². The molecule has 0 spiro atoms. The summed E-state index contributed by atoms with van der Waals surface area (Å²) in [6.07, 6.45) is 1.96. The van der Waals surface area contributed by atoms with Gasteiger partial charge in [0.05, 0.1) is 24.6 Å². The van der Waals surface area contributed by atoms with Crippen LogP contribution >= 0.6 is 0 Å². The third-order valence-electron chi connectivity index (χ3n) is 4.86. The molecule has 5 nitrogen and oxygen atoms in total. The Hall–Kier alpha value is -1.90. The van der Waals surface area contributed by atoms with Crippen molar-refractivity contribution in [2.75, 3.05) is 24.5 Å². The van der Waals surface area contributed by atoms with E-state index in [0.29, 0.717) is 13.0 Å². The molecule has 1 amide bonds. The van der Waals surface area contributed by atoms with E-state index in [1.807, 2.05) is 44.2 Å². The lowest BCUT2D eigenvalue weighted by Crippen LogP contribution is -2.51. The molecule has 1 heterocycles. The minimum Gasteiger partial charge on any atom is -0.393 e. The van der Waals surface area contributed by atoms with E-state index < -0.39 is 0 Å². The molecule has 1 N–H and O–H groups in total. The third kappa shape index (κ3) is 4.56. The minimum atomic E-state index is -0.348. The molecule has 1 saturated heterocycles. The zero-order valence-corrected chi connectivity index (χ0v) is 14.6. The number of carbonyl (C=O) groups excluding carboxylic acids is 1. The molecular weight excluding hydrogens is 302 g/mol. The second kappa shape index (κ2) is 8.81. The number of piperidine rings is 1. The molecule has 24 heavy (non-hydrogen) atoms. The highest BCUT2D eigenvalue weighted by molar-refractivity contribution is 5.97. The summed E-state index contributed by atoms with van der Waals surface area (Å²) in [5.41, 5.74) is 0.827. The first kappa shape index (κ1) is 18.4. The van der Waals surface area contributed by atoms with Gasteiger partial charge in [0, 0.05) is 18.8 Å². The molecule has 0 aromatic heterocycles. The van der Waals surface area contributed by atoms with E-state index in [-0.39, 0.29) is 24.0 Å². The van der Waals surface area contributed by atoms with E-state index in [2.05, 4.69) is 11.0 Å². The minimum absolute atomic E-state index is 0.0164. The van der Waals surface area contributed by atoms with Crippen LogP contribution in [-0.2, 0) is 4.79 Å². The first-order valence-electron chi connectivity index (χ1n) is 8.70. The first-order chi connectivity index (χ1) is 11.5. The number of carbonyl (C=O) groups is 1. The molecule has 1 aliphatic heterocycles. The Morgan fingerprint density at radius 1 is 1.42 bits per heavy atom. The zero-order chi connectivity index (χ0) is 17.5. The van der Waals surface area contributed by atoms with Crippen LogP contribution in [0.5, 0.6) is 0 Å². The van der Waals surface area contributed by atoms with Crippen molar-refractivity contribution >= 4 is 11.6 Å². The molecule has 1 fully saturated rings. The Bertz CT molecular complexity index is 568. The lowest BCUT2D eigenvalue weighted by molar-refractivity contribution is -0.124. The maximum Gasteiger partial charge on any atom is 0.244 e. The smallest absolute Gasteiger partial charge is 0.244 e. The molecule has 3 atom stereocenters. The predicted octanol–water partition coefficient (Wildman–Crippen LogP) is 2.41. The number of likely N-dealkylation sites (tertiary alicyclic amines) is 1. The number of aliphatic hydroxyl groups is 1. The van der Waals surface area contributed by atoms with Crippen molar-refractivity contribution in [3.05, 3.63) is 30.3 Å². The maximum atomic E-state index is 13.0. The Balaban J connectivity index is 2.12. The SMILES string of the molecule is CC(O)C1CCCN(C(C)C(=O)N(CCC#N)c2ccccc2)C1. The summed E-state index contributed by atoms with van der Waals surface area (Å²) < 4.78 is 0. The van der Waals surface area contributed by atoms with E-state index in [4.69, 9.17) is 5.26 Å². The Morgan fingerprint density at radius 2 is 2.12 bits per heavy atom. The van der Waals surface area contributed by atoms with E-state index >= 15 is 0 Å². The summed E-state index contributed by atoms with van der Waals surface area (Å²) in [6.45, 7) is 5.76. The fourth-order valence-corrected chi connectivity index (χ4v) is 3.30. The van der Waals surface area contributed by atoms with Crippen molar-refractivity contribution in [1.29, 1.82) is 5.26 Å². The lowest BCUT2D eigenvalue weighted by atomic mass is 9.92. The van der Waals surface area contributed by atoms with Crippen molar-refractivity contribution < 1.29 is 9.90 Å². The summed E-state index contributed by atoms with van der Waals surface area (Å²) in [6, 6.07) is 11.4. The number of benzene rings is 1. The standard InChI is InChI=1S/C19H27N3O2/c1-15(21-12-6-8-17(14-21)16(2)23)19(24)22(13-7-11-20)18-9-4-3-5-10-18/h3-5,9-10,15-17,23H,6-8,12-14H2,1-2H3. The van der Waals surface area contributed by atoms with Gasteiger partial charge in [0.2, 0.25) is 5.91 Å². The topological polar surface area (TPSA) is 67.6 Å². The fraction of sp³-hybridized carbons (Fsp3) is 0.579. The average Bonchev–Trinajstić information content (AvgIpc) is 2.62. The van der Waals surface area contributed by atoms with Crippen LogP contribution in [0.4, 0.5) is 5.69 Å². The van der Waals surface area contributed by atoms with E-state index in [9.17, 15) is 9.90 Å². The van der Waals surface area contributed by atoms with Crippen LogP contribution in [-0.4, -0.2) is 47.7 Å². The zero-order valence-electron chi connectivity index (χ0n) is 14.6. The highest BCUT2D eigenvalue weighted by Crippen LogP contribution is 2.23. The van der Waals surface area contributed by atoms with Crippen LogP contribution in [0.25, 0.3) is 0 Å². The number of hydrogen-bond acceptors (Lipinski definition) is 4. The predicted molar refractivity (Wildman–Crippen MR) is 94.5 cm³/mol. The largest absolute Gasteiger partial charge is 0.393 e. The van der Waals surface area contributed by atoms with Crippen LogP contribution in [0.1, 0.15) is 33.1 Å². The van der Waals surface area contributed by atoms with Gasteiger partial charge in [0.25, 0.3) is 0 Å². The van der Waals surface area contributed by atoms with Gasteiger partial charge in [-0.15, -0.1) is 0 Å². The van der Waals surface area contributed by atoms with E-state index in [0.717, 1.165) is 31.6 Å². The highest BCUT2D eigenvalue weighted by Gasteiger charge is 2.31. The summed E-state index contributed by atoms with van der Waals surface area (Å²) in [4.78, 5) is 16.9. The van der Waals surface area contributed by atoms with Crippen LogP contribution in [0.2, 0.25) is 0 Å².